The number of esters is 8. The summed E-state index contributed by atoms with van der Waals surface area (Å²) < 4.78 is 52.2. The van der Waals surface area contributed by atoms with E-state index < -0.39 is 71.4 Å². The van der Waals surface area contributed by atoms with Crippen LogP contribution in [0.3, 0.4) is 0 Å². The van der Waals surface area contributed by atoms with Crippen LogP contribution in [-0.2, 0) is 38.4 Å². The van der Waals surface area contributed by atoms with E-state index in [0.717, 1.165) is 89.0 Å². The van der Waals surface area contributed by atoms with Crippen molar-refractivity contribution < 1.29 is 76.3 Å². The van der Waals surface area contributed by atoms with Gasteiger partial charge in [-0.3, -0.25) is 38.4 Å². The summed E-state index contributed by atoms with van der Waals surface area (Å²) in [5.41, 5.74) is 18.1. The number of rotatable bonds is 20. The van der Waals surface area contributed by atoms with Gasteiger partial charge in [0.15, 0.2) is 0 Å². The Bertz CT molecular complexity index is 6050. The summed E-state index contributed by atoms with van der Waals surface area (Å²) >= 11 is 0. The van der Waals surface area contributed by atoms with Crippen LogP contribution in [0.5, 0.6) is 46.0 Å². The van der Waals surface area contributed by atoms with Crippen LogP contribution in [0.25, 0.3) is 89.0 Å². The highest BCUT2D eigenvalue weighted by Crippen LogP contribution is 2.56. The van der Waals surface area contributed by atoms with Crippen molar-refractivity contribution in [1.29, 1.82) is 0 Å². The van der Waals surface area contributed by atoms with Crippen molar-refractivity contribution in [2.75, 3.05) is 0 Å². The Hall–Kier alpha value is -16.7. The summed E-state index contributed by atoms with van der Waals surface area (Å²) in [7, 11) is 0. The van der Waals surface area contributed by atoms with Gasteiger partial charge in [0.25, 0.3) is 0 Å². The fourth-order valence-corrected chi connectivity index (χ4v) is 17.7. The second-order valence-electron chi connectivity index (χ2n) is 32.5. The van der Waals surface area contributed by atoms with Crippen LogP contribution in [-0.4, -0.2) is 47.8 Å². The average molecular weight is 1740 g/mol. The molecule has 8 bridgehead atoms. The first-order valence-electron chi connectivity index (χ1n) is 43.2. The highest BCUT2D eigenvalue weighted by molar-refractivity contribution is 5.84. The predicted octanol–water partition coefficient (Wildman–Crippen LogP) is 25.5. The lowest BCUT2D eigenvalue weighted by molar-refractivity contribution is -0.133. The monoisotopic (exact) mass is 1740 g/mol. The summed E-state index contributed by atoms with van der Waals surface area (Å²) in [5, 5.41) is 0. The Morgan fingerprint density at radius 1 is 0.144 bits per heavy atom. The van der Waals surface area contributed by atoms with E-state index in [0.29, 0.717) is 22.3 Å². The molecule has 16 heteroatoms. The van der Waals surface area contributed by atoms with Crippen molar-refractivity contribution in [3.63, 3.8) is 0 Å². The van der Waals surface area contributed by atoms with E-state index in [1.54, 1.807) is 24.3 Å². The lowest BCUT2D eigenvalue weighted by atomic mass is 9.74. The number of carbonyl (C=O) groups excluding carboxylic acids is 8. The van der Waals surface area contributed by atoms with Crippen molar-refractivity contribution >= 4 is 47.8 Å². The van der Waals surface area contributed by atoms with E-state index in [2.05, 4.69) is 0 Å². The van der Waals surface area contributed by atoms with Crippen LogP contribution < -0.4 is 37.9 Å². The first-order chi connectivity index (χ1) is 64.0. The van der Waals surface area contributed by atoms with Gasteiger partial charge in [0.1, 0.15) is 46.0 Å². The van der Waals surface area contributed by atoms with E-state index in [9.17, 15) is 38.4 Å². The molecule has 0 unspecified atom stereocenters. The second kappa shape index (κ2) is 38.5. The molecule has 0 N–H and O–H groups in total. The molecule has 0 heterocycles. The molecule has 0 saturated carbocycles. The largest absolute Gasteiger partial charge is 0.426 e. The van der Waals surface area contributed by atoms with Crippen molar-refractivity contribution in [2.24, 2.45) is 0 Å². The topological polar surface area (TPSA) is 210 Å². The lowest BCUT2D eigenvalue weighted by Gasteiger charge is -2.32. The number of ether oxygens (including phenoxy) is 8. The summed E-state index contributed by atoms with van der Waals surface area (Å²) in [6, 6.07) is 116. The van der Waals surface area contributed by atoms with Gasteiger partial charge in [0, 0.05) is 148 Å². The zero-order valence-electron chi connectivity index (χ0n) is 73.5. The van der Waals surface area contributed by atoms with Gasteiger partial charge >= 0.3 is 47.8 Å². The molecule has 648 valence electrons. The molecule has 17 rings (SSSR count). The third-order valence-electron chi connectivity index (χ3n) is 23.4. The molecule has 0 fully saturated rings. The Balaban J connectivity index is 1.02. The quantitative estimate of drug-likeness (QED) is 0.0513. The molecule has 0 spiro atoms. The Labute approximate surface area is 764 Å². The van der Waals surface area contributed by atoms with Crippen LogP contribution in [0.1, 0.15) is 146 Å². The molecular weight excluding hydrogens is 1650 g/mol. The molecule has 0 aliphatic heterocycles. The van der Waals surface area contributed by atoms with E-state index in [1.807, 2.05) is 315 Å². The highest BCUT2D eigenvalue weighted by Gasteiger charge is 2.39. The van der Waals surface area contributed by atoms with Gasteiger partial charge in [-0.1, -0.05) is 315 Å². The number of benzene rings is 16. The van der Waals surface area contributed by atoms with Crippen LogP contribution in [0.15, 0.2) is 364 Å². The number of carbonyl (C=O) groups is 8. The molecule has 16 nitrogen and oxygen atoms in total. The van der Waals surface area contributed by atoms with Gasteiger partial charge in [-0.2, -0.15) is 0 Å². The molecule has 0 amide bonds. The first-order valence-corrected chi connectivity index (χ1v) is 43.2. The molecule has 0 aromatic heterocycles. The SMILES string of the molecule is CC(=O)Oc1cc(OC(C)=O)c2cc1C(c1ccc(-c3ccc(-c4ccccc4)cc3)cc1)c1cc(c(OC(C)=O)cc1OC(C)=O)C(c1ccc(-c3ccc(-c4ccccc4)cc3)cc1)c1cc(c(OC(C)=O)cc1OC(C)=O)C(c1ccc(-c3ccc(-c4ccccc4)cc3)cc1)c1cc(c(OC(C)=O)cc1OC(C)=O)C2c1ccc(-c2ccc(-c3ccccc3)cc2)cc1. The van der Waals surface area contributed by atoms with E-state index in [1.165, 1.54) is 79.7 Å². The van der Waals surface area contributed by atoms with Gasteiger partial charge in [-0.15, -0.1) is 0 Å². The molecule has 1 aliphatic rings. The summed E-state index contributed by atoms with van der Waals surface area (Å²) in [5.74, 6) is -12.7. The van der Waals surface area contributed by atoms with Crippen LogP contribution >= 0.6 is 0 Å². The van der Waals surface area contributed by atoms with Gasteiger partial charge in [-0.05, 0) is 136 Å². The molecule has 1 aliphatic carbocycles. The molecule has 16 aromatic carbocycles. The molecule has 132 heavy (non-hydrogen) atoms. The van der Waals surface area contributed by atoms with E-state index >= 15 is 0 Å². The number of fused-ring (bicyclic) bond motifs is 8. The summed E-state index contributed by atoms with van der Waals surface area (Å²) in [4.78, 5) is 115. The fraction of sp³-hybridized carbons (Fsp3) is 0.103. The maximum Gasteiger partial charge on any atom is 0.308 e. The molecule has 0 atom stereocenters. The highest BCUT2D eigenvalue weighted by atomic mass is 16.6. The minimum Gasteiger partial charge on any atom is -0.426 e. The van der Waals surface area contributed by atoms with Crippen molar-refractivity contribution in [2.45, 2.75) is 79.1 Å². The van der Waals surface area contributed by atoms with Crippen molar-refractivity contribution in [3.8, 4) is 135 Å². The average Bonchev–Trinajstić information content (AvgIpc) is 0.728. The lowest BCUT2D eigenvalue weighted by Crippen LogP contribution is -2.19. The minimum absolute atomic E-state index is 0.143. The van der Waals surface area contributed by atoms with Crippen LogP contribution in [0, 0.1) is 0 Å². The summed E-state index contributed by atoms with van der Waals surface area (Å²) in [6.07, 6.45) is 0. The van der Waals surface area contributed by atoms with E-state index in [-0.39, 0.29) is 90.5 Å². The zero-order chi connectivity index (χ0) is 91.8. The number of hydrogen-bond donors (Lipinski definition) is 0. The Morgan fingerprint density at radius 2 is 0.250 bits per heavy atom. The standard InChI is InChI=1S/C116H88O16/c1-69(117)125-105-65-106(126-70(2)118)98-61-97(105)113(93-53-45-89(46-54-93)85-37-29-81(30-38-85)77-21-13-9-14-22-77)99-62-100(108(128-72(4)120)66-107(99)127-71(3)119)115(95-57-49-91(50-58-95)87-41-33-83(34-42-87)79-25-17-11-18-26-79)103-64-104(112(132-76(8)124)68-111(103)131-75(7)123)116(96-59-51-92(52-60-96)88-43-35-84(36-44-88)80-27-19-12-20-28-80)102-63-101(109(129-73(5)121)67-110(102)130-74(6)122)114(98)94-55-47-90(48-56-94)86-39-31-82(32-40-86)78-23-15-10-16-24-78/h9-68,113-116H,1-8H3. The third kappa shape index (κ3) is 19.4. The van der Waals surface area contributed by atoms with Gasteiger partial charge in [0.2, 0.25) is 0 Å². The van der Waals surface area contributed by atoms with Gasteiger partial charge in [-0.25, -0.2) is 0 Å². The number of hydrogen-bond acceptors (Lipinski definition) is 16. The maximum absolute atomic E-state index is 14.4. The second-order valence-corrected chi connectivity index (χ2v) is 32.5. The predicted molar refractivity (Wildman–Crippen MR) is 509 cm³/mol. The van der Waals surface area contributed by atoms with Crippen molar-refractivity contribution in [1.82, 2.24) is 0 Å². The molecule has 0 radical (unpaired) electrons. The smallest absolute Gasteiger partial charge is 0.308 e. The molecule has 16 aromatic rings. The minimum atomic E-state index is -1.30. The van der Waals surface area contributed by atoms with Gasteiger partial charge < -0.3 is 37.9 Å². The third-order valence-corrected chi connectivity index (χ3v) is 23.4. The van der Waals surface area contributed by atoms with Crippen LogP contribution in [0.4, 0.5) is 0 Å². The summed E-state index contributed by atoms with van der Waals surface area (Å²) in [6.45, 7) is 9.83. The van der Waals surface area contributed by atoms with Crippen LogP contribution in [0.2, 0.25) is 0 Å². The Kier molecular flexibility index (Phi) is 25.4. The van der Waals surface area contributed by atoms with E-state index in [4.69, 9.17) is 37.9 Å². The normalized spacial score (nSPS) is 13.7. The zero-order valence-corrected chi connectivity index (χ0v) is 73.5. The van der Waals surface area contributed by atoms with Crippen molar-refractivity contribution in [3.05, 3.63) is 431 Å². The van der Waals surface area contributed by atoms with Gasteiger partial charge in [0.05, 0.1) is 0 Å². The first kappa shape index (κ1) is 87.4. The maximum atomic E-state index is 14.4. The Morgan fingerprint density at radius 3 is 0.364 bits per heavy atom. The molecular formula is C116H88O16. The molecule has 0 saturated heterocycles. The fourth-order valence-electron chi connectivity index (χ4n) is 17.7.